The highest BCUT2D eigenvalue weighted by atomic mass is 32.2. The lowest BCUT2D eigenvalue weighted by Crippen LogP contribution is -2.53. The molecule has 1 atom stereocenters. The number of carbonyl (C=O) groups excluding carboxylic acids is 2. The number of benzene rings is 3. The first-order valence-corrected chi connectivity index (χ1v) is 15.5. The molecule has 3 rings (SSSR count). The molecule has 0 saturated heterocycles. The van der Waals surface area contributed by atoms with Crippen LogP contribution >= 0.6 is 0 Å². The van der Waals surface area contributed by atoms with E-state index in [1.807, 2.05) is 37.3 Å². The Morgan fingerprint density at radius 1 is 0.929 bits per heavy atom. The quantitative estimate of drug-likeness (QED) is 0.263. The van der Waals surface area contributed by atoms with Gasteiger partial charge in [0.15, 0.2) is 11.5 Å². The van der Waals surface area contributed by atoms with Crippen molar-refractivity contribution in [2.75, 3.05) is 37.9 Å². The lowest BCUT2D eigenvalue weighted by atomic mass is 10.0. The number of carbonyl (C=O) groups is 2. The van der Waals surface area contributed by atoms with Crippen LogP contribution in [0.25, 0.3) is 0 Å². The highest BCUT2D eigenvalue weighted by Crippen LogP contribution is 2.32. The molecule has 0 saturated carbocycles. The van der Waals surface area contributed by atoms with Crippen LogP contribution in [0.4, 0.5) is 10.1 Å². The summed E-state index contributed by atoms with van der Waals surface area (Å²) < 4.78 is 51.2. The molecule has 3 aromatic carbocycles. The Kier molecular flexibility index (Phi) is 11.7. The van der Waals surface area contributed by atoms with Crippen molar-refractivity contribution in [3.05, 3.63) is 89.7 Å². The number of anilines is 1. The monoisotopic (exact) mass is 599 g/mol. The van der Waals surface area contributed by atoms with Gasteiger partial charge in [-0.15, -0.1) is 0 Å². The summed E-state index contributed by atoms with van der Waals surface area (Å²) in [6.07, 6.45) is 2.83. The zero-order chi connectivity index (χ0) is 30.7. The Labute approximate surface area is 247 Å². The summed E-state index contributed by atoms with van der Waals surface area (Å²) in [5.74, 6) is -0.723. The predicted octanol–water partition coefficient (Wildman–Crippen LogP) is 4.17. The summed E-state index contributed by atoms with van der Waals surface area (Å²) in [6, 6.07) is 18.4. The first-order valence-electron chi connectivity index (χ1n) is 13.6. The number of unbranched alkanes of at least 4 members (excludes halogenated alkanes) is 1. The van der Waals surface area contributed by atoms with E-state index in [9.17, 15) is 22.4 Å². The number of halogens is 1. The molecule has 0 aliphatic rings. The number of methoxy groups -OCH3 is 2. The van der Waals surface area contributed by atoms with Crippen molar-refractivity contribution in [3.8, 4) is 11.5 Å². The Bertz CT molecular complexity index is 1430. The Balaban J connectivity index is 2.05. The van der Waals surface area contributed by atoms with E-state index in [1.54, 1.807) is 6.07 Å². The number of hydrogen-bond donors (Lipinski definition) is 1. The van der Waals surface area contributed by atoms with Crippen LogP contribution in [0.5, 0.6) is 11.5 Å². The standard InChI is InChI=1S/C31H38FN3O6S/c1-5-6-18-33-31(37)27(19-23-10-8-7-9-11-23)34(21-24-12-14-25(32)15-13-24)30(36)22-35(42(4,38)39)26-16-17-28(40-2)29(20-26)41-3/h7-17,20,27H,5-6,18-19,21-22H2,1-4H3,(H,33,37)/t27-/m0/s1. The van der Waals surface area contributed by atoms with Gasteiger partial charge in [-0.3, -0.25) is 13.9 Å². The fraction of sp³-hybridized carbons (Fsp3) is 0.355. The zero-order valence-corrected chi connectivity index (χ0v) is 25.2. The van der Waals surface area contributed by atoms with Gasteiger partial charge in [0.05, 0.1) is 26.2 Å². The van der Waals surface area contributed by atoms with E-state index in [1.165, 1.54) is 55.5 Å². The van der Waals surface area contributed by atoms with Crippen LogP contribution in [0.2, 0.25) is 0 Å². The average molecular weight is 600 g/mol. The number of hydrogen-bond acceptors (Lipinski definition) is 6. The van der Waals surface area contributed by atoms with Crippen molar-refractivity contribution in [1.82, 2.24) is 10.2 Å². The van der Waals surface area contributed by atoms with Crippen LogP contribution in [0.15, 0.2) is 72.8 Å². The molecule has 0 aromatic heterocycles. The van der Waals surface area contributed by atoms with Gasteiger partial charge in [0.1, 0.15) is 18.4 Å². The topological polar surface area (TPSA) is 105 Å². The fourth-order valence-electron chi connectivity index (χ4n) is 4.44. The van der Waals surface area contributed by atoms with E-state index < -0.39 is 34.3 Å². The maximum Gasteiger partial charge on any atom is 0.244 e. The third-order valence-electron chi connectivity index (χ3n) is 6.70. The SMILES string of the molecule is CCCCNC(=O)[C@H](Cc1ccccc1)N(Cc1ccc(F)cc1)C(=O)CN(c1ccc(OC)c(OC)c1)S(C)(=O)=O. The first kappa shape index (κ1) is 32.4. The van der Waals surface area contributed by atoms with Gasteiger partial charge < -0.3 is 19.7 Å². The number of ether oxygens (including phenoxy) is 2. The van der Waals surface area contributed by atoms with E-state index in [0.29, 0.717) is 17.9 Å². The fourth-order valence-corrected chi connectivity index (χ4v) is 5.28. The number of nitrogens with zero attached hydrogens (tertiary/aromatic N) is 2. The molecule has 226 valence electrons. The van der Waals surface area contributed by atoms with Gasteiger partial charge in [-0.2, -0.15) is 0 Å². The maximum atomic E-state index is 14.1. The molecule has 0 heterocycles. The molecular formula is C31H38FN3O6S. The van der Waals surface area contributed by atoms with Crippen LogP contribution in [-0.2, 0) is 32.6 Å². The van der Waals surface area contributed by atoms with E-state index >= 15 is 0 Å². The minimum absolute atomic E-state index is 0.0403. The maximum absolute atomic E-state index is 14.1. The van der Waals surface area contributed by atoms with Gasteiger partial charge in [0, 0.05) is 25.6 Å². The van der Waals surface area contributed by atoms with Crippen molar-refractivity contribution in [1.29, 1.82) is 0 Å². The minimum Gasteiger partial charge on any atom is -0.493 e. The second-order valence-corrected chi connectivity index (χ2v) is 11.7. The molecule has 0 unspecified atom stereocenters. The van der Waals surface area contributed by atoms with Gasteiger partial charge in [-0.05, 0) is 41.8 Å². The van der Waals surface area contributed by atoms with E-state index in [0.717, 1.165) is 29.0 Å². The molecule has 1 N–H and O–H groups in total. The third kappa shape index (κ3) is 8.94. The highest BCUT2D eigenvalue weighted by Gasteiger charge is 2.33. The van der Waals surface area contributed by atoms with Crippen LogP contribution in [0, 0.1) is 5.82 Å². The molecule has 0 radical (unpaired) electrons. The first-order chi connectivity index (χ1) is 20.1. The second kappa shape index (κ2) is 15.2. The molecule has 0 bridgehead atoms. The van der Waals surface area contributed by atoms with Crippen LogP contribution in [-0.4, -0.2) is 64.7 Å². The Morgan fingerprint density at radius 3 is 2.19 bits per heavy atom. The summed E-state index contributed by atoms with van der Waals surface area (Å²) in [4.78, 5) is 29.1. The van der Waals surface area contributed by atoms with E-state index in [2.05, 4.69) is 5.32 Å². The molecule has 2 amide bonds. The summed E-state index contributed by atoms with van der Waals surface area (Å²) in [6.45, 7) is 1.82. The molecule has 11 heteroatoms. The number of rotatable bonds is 15. The van der Waals surface area contributed by atoms with Gasteiger partial charge >= 0.3 is 0 Å². The molecule has 42 heavy (non-hydrogen) atoms. The summed E-state index contributed by atoms with van der Waals surface area (Å²) in [7, 11) is -1.07. The van der Waals surface area contributed by atoms with Crippen LogP contribution in [0.3, 0.4) is 0 Å². The Morgan fingerprint density at radius 2 is 1.60 bits per heavy atom. The molecular weight excluding hydrogens is 561 g/mol. The highest BCUT2D eigenvalue weighted by molar-refractivity contribution is 7.92. The lowest BCUT2D eigenvalue weighted by molar-refractivity contribution is -0.140. The van der Waals surface area contributed by atoms with Crippen LogP contribution in [0.1, 0.15) is 30.9 Å². The normalized spacial score (nSPS) is 11.8. The average Bonchev–Trinajstić information content (AvgIpc) is 2.98. The largest absolute Gasteiger partial charge is 0.493 e. The summed E-state index contributed by atoms with van der Waals surface area (Å²) in [5.41, 5.74) is 1.60. The van der Waals surface area contributed by atoms with Crippen LogP contribution < -0.4 is 19.1 Å². The van der Waals surface area contributed by atoms with E-state index in [4.69, 9.17) is 9.47 Å². The van der Waals surface area contributed by atoms with Crippen molar-refractivity contribution in [3.63, 3.8) is 0 Å². The van der Waals surface area contributed by atoms with Crippen molar-refractivity contribution in [2.24, 2.45) is 0 Å². The van der Waals surface area contributed by atoms with Crippen molar-refractivity contribution in [2.45, 2.75) is 38.8 Å². The number of nitrogens with one attached hydrogen (secondary N) is 1. The molecule has 3 aromatic rings. The molecule has 0 fully saturated rings. The number of amides is 2. The summed E-state index contributed by atoms with van der Waals surface area (Å²) in [5, 5.41) is 2.92. The second-order valence-electron chi connectivity index (χ2n) is 9.81. The van der Waals surface area contributed by atoms with E-state index in [-0.39, 0.29) is 30.3 Å². The van der Waals surface area contributed by atoms with Crippen molar-refractivity contribution >= 4 is 27.5 Å². The Hall–Kier alpha value is -4.12. The van der Waals surface area contributed by atoms with Gasteiger partial charge in [-0.1, -0.05) is 55.8 Å². The molecule has 9 nitrogen and oxygen atoms in total. The molecule has 0 aliphatic heterocycles. The van der Waals surface area contributed by atoms with Crippen molar-refractivity contribution < 1.29 is 31.9 Å². The van der Waals surface area contributed by atoms with Gasteiger partial charge in [0.25, 0.3) is 0 Å². The lowest BCUT2D eigenvalue weighted by Gasteiger charge is -2.33. The molecule has 0 aliphatic carbocycles. The minimum atomic E-state index is -3.95. The zero-order valence-electron chi connectivity index (χ0n) is 24.4. The summed E-state index contributed by atoms with van der Waals surface area (Å²) >= 11 is 0. The predicted molar refractivity (Wildman–Crippen MR) is 161 cm³/mol. The third-order valence-corrected chi connectivity index (χ3v) is 7.84. The smallest absolute Gasteiger partial charge is 0.244 e. The molecule has 0 spiro atoms. The number of sulfonamides is 1. The van der Waals surface area contributed by atoms with Gasteiger partial charge in [0.2, 0.25) is 21.8 Å². The van der Waals surface area contributed by atoms with Gasteiger partial charge in [-0.25, -0.2) is 12.8 Å².